The summed E-state index contributed by atoms with van der Waals surface area (Å²) >= 11 is 0. The van der Waals surface area contributed by atoms with Crippen molar-refractivity contribution in [3.05, 3.63) is 33.9 Å². The van der Waals surface area contributed by atoms with E-state index in [0.717, 1.165) is 29.9 Å². The molecule has 0 saturated heterocycles. The van der Waals surface area contributed by atoms with Crippen molar-refractivity contribution in [1.82, 2.24) is 4.98 Å². The van der Waals surface area contributed by atoms with Crippen molar-refractivity contribution in [2.24, 2.45) is 0 Å². The molecule has 2 nitrogen and oxygen atoms in total. The largest absolute Gasteiger partial charge is 0.270 e. The summed E-state index contributed by atoms with van der Waals surface area (Å²) in [7, 11) is 0. The Morgan fingerprint density at radius 3 is 2.54 bits per heavy atom. The average molecular weight is 172 g/mol. The lowest BCUT2D eigenvalue weighted by molar-refractivity contribution is 0.907. The van der Waals surface area contributed by atoms with Gasteiger partial charge in [0.25, 0.3) is 0 Å². The third kappa shape index (κ3) is 1.12. The molecule has 0 bridgehead atoms. The summed E-state index contributed by atoms with van der Waals surface area (Å²) in [6.45, 7) is 11.1. The molecule has 2 rings (SSSR count). The topological polar surface area (TPSA) is 17.2 Å². The maximum absolute atomic E-state index is 7.11. The van der Waals surface area contributed by atoms with Gasteiger partial charge in [0.05, 0.1) is 6.57 Å². The lowest BCUT2D eigenvalue weighted by Gasteiger charge is -2.07. The van der Waals surface area contributed by atoms with Crippen LogP contribution in [0.5, 0.6) is 0 Å². The quantitative estimate of drug-likeness (QED) is 0.550. The van der Waals surface area contributed by atoms with Crippen LogP contribution >= 0.6 is 0 Å². The fourth-order valence-corrected chi connectivity index (χ4v) is 2.14. The zero-order valence-corrected chi connectivity index (χ0v) is 8.02. The predicted molar refractivity (Wildman–Crippen MR) is 52.0 cm³/mol. The van der Waals surface area contributed by atoms with Crippen molar-refractivity contribution in [1.29, 1.82) is 0 Å². The minimum Gasteiger partial charge on any atom is -0.270 e. The maximum Gasteiger partial charge on any atom is 0.211 e. The number of hydrogen-bond acceptors (Lipinski definition) is 1. The van der Waals surface area contributed by atoms with Crippen LogP contribution in [-0.2, 0) is 12.8 Å². The zero-order chi connectivity index (χ0) is 9.42. The third-order valence-corrected chi connectivity index (χ3v) is 2.73. The van der Waals surface area contributed by atoms with E-state index in [1.165, 1.54) is 17.5 Å². The van der Waals surface area contributed by atoms with Crippen LogP contribution in [-0.4, -0.2) is 4.98 Å². The Kier molecular flexibility index (Phi) is 1.81. The van der Waals surface area contributed by atoms with Crippen molar-refractivity contribution in [2.45, 2.75) is 33.1 Å². The Morgan fingerprint density at radius 2 is 1.85 bits per heavy atom. The summed E-state index contributed by atoms with van der Waals surface area (Å²) in [5.74, 6) is 0. The van der Waals surface area contributed by atoms with Gasteiger partial charge >= 0.3 is 0 Å². The summed E-state index contributed by atoms with van der Waals surface area (Å²) in [6, 6.07) is 0. The van der Waals surface area contributed by atoms with E-state index < -0.39 is 0 Å². The van der Waals surface area contributed by atoms with Crippen molar-refractivity contribution in [2.75, 3.05) is 0 Å². The molecule has 0 atom stereocenters. The highest BCUT2D eigenvalue weighted by Crippen LogP contribution is 2.34. The lowest BCUT2D eigenvalue weighted by Crippen LogP contribution is -1.95. The summed E-state index contributed by atoms with van der Waals surface area (Å²) in [4.78, 5) is 7.97. The first kappa shape index (κ1) is 8.25. The molecule has 0 amide bonds. The summed E-state index contributed by atoms with van der Waals surface area (Å²) in [5.41, 5.74) is 5.42. The highest BCUT2D eigenvalue weighted by Gasteiger charge is 2.19. The van der Waals surface area contributed by atoms with Gasteiger partial charge in [0.2, 0.25) is 5.69 Å². The van der Waals surface area contributed by atoms with E-state index in [2.05, 4.69) is 9.83 Å². The van der Waals surface area contributed by atoms with E-state index in [1.54, 1.807) is 0 Å². The van der Waals surface area contributed by atoms with Crippen LogP contribution in [0.1, 0.15) is 28.9 Å². The molecule has 0 aliphatic heterocycles. The van der Waals surface area contributed by atoms with Gasteiger partial charge < -0.3 is 0 Å². The van der Waals surface area contributed by atoms with Crippen LogP contribution in [0.2, 0.25) is 0 Å². The fourth-order valence-electron chi connectivity index (χ4n) is 2.14. The molecule has 13 heavy (non-hydrogen) atoms. The van der Waals surface area contributed by atoms with Crippen LogP contribution in [0, 0.1) is 20.4 Å². The molecular weight excluding hydrogens is 160 g/mol. The van der Waals surface area contributed by atoms with Gasteiger partial charge in [0.15, 0.2) is 0 Å². The second-order valence-electron chi connectivity index (χ2n) is 3.55. The second kappa shape index (κ2) is 2.85. The molecule has 1 aromatic heterocycles. The molecule has 1 heterocycles. The van der Waals surface area contributed by atoms with Crippen molar-refractivity contribution < 1.29 is 0 Å². The number of pyridine rings is 1. The highest BCUT2D eigenvalue weighted by molar-refractivity contribution is 5.61. The van der Waals surface area contributed by atoms with Crippen molar-refractivity contribution in [3.63, 3.8) is 0 Å². The van der Waals surface area contributed by atoms with Gasteiger partial charge in [0, 0.05) is 11.4 Å². The molecule has 0 radical (unpaired) electrons. The van der Waals surface area contributed by atoms with Gasteiger partial charge in [-0.05, 0) is 44.2 Å². The van der Waals surface area contributed by atoms with Gasteiger partial charge in [-0.15, -0.1) is 0 Å². The molecule has 0 aromatic carbocycles. The molecule has 1 aliphatic rings. The Morgan fingerprint density at radius 1 is 1.15 bits per heavy atom. The molecule has 1 aromatic rings. The number of aryl methyl sites for hydroxylation is 2. The first-order valence-corrected chi connectivity index (χ1v) is 4.60. The van der Waals surface area contributed by atoms with Gasteiger partial charge in [-0.25, -0.2) is 4.85 Å². The average Bonchev–Trinajstić information content (AvgIpc) is 2.53. The molecule has 0 N–H and O–H groups in total. The maximum atomic E-state index is 7.11. The molecular formula is C11H12N2. The van der Waals surface area contributed by atoms with E-state index >= 15 is 0 Å². The molecule has 66 valence electrons. The number of rotatable bonds is 0. The predicted octanol–water partition coefficient (Wildman–Crippen LogP) is 2.74. The van der Waals surface area contributed by atoms with Crippen LogP contribution in [0.4, 0.5) is 5.69 Å². The van der Waals surface area contributed by atoms with E-state index in [1.807, 2.05) is 13.8 Å². The van der Waals surface area contributed by atoms with E-state index in [9.17, 15) is 0 Å². The number of fused-ring (bicyclic) bond motifs is 1. The lowest BCUT2D eigenvalue weighted by atomic mass is 10.1. The van der Waals surface area contributed by atoms with Crippen molar-refractivity contribution >= 4 is 5.69 Å². The van der Waals surface area contributed by atoms with Gasteiger partial charge in [-0.3, -0.25) is 4.98 Å². The van der Waals surface area contributed by atoms with Crippen LogP contribution in [0.3, 0.4) is 0 Å². The first-order valence-electron chi connectivity index (χ1n) is 4.60. The molecule has 0 saturated carbocycles. The monoisotopic (exact) mass is 172 g/mol. The minimum atomic E-state index is 0.804. The highest BCUT2D eigenvalue weighted by atomic mass is 14.8. The molecule has 0 fully saturated rings. The number of nitrogens with zero attached hydrogens (tertiary/aromatic N) is 2. The van der Waals surface area contributed by atoms with E-state index in [4.69, 9.17) is 6.57 Å². The Bertz CT molecular complexity index is 400. The van der Waals surface area contributed by atoms with Crippen LogP contribution in [0.15, 0.2) is 0 Å². The van der Waals surface area contributed by atoms with Crippen molar-refractivity contribution in [3.8, 4) is 0 Å². The van der Waals surface area contributed by atoms with E-state index in [-0.39, 0.29) is 0 Å². The summed E-state index contributed by atoms with van der Waals surface area (Å²) in [5, 5.41) is 0. The molecule has 2 heteroatoms. The Labute approximate surface area is 78.4 Å². The smallest absolute Gasteiger partial charge is 0.211 e. The SMILES string of the molecule is [C-]#[N+]c1c(C)nc(C)c2c1CCC2. The number of aromatic nitrogens is 1. The van der Waals surface area contributed by atoms with Gasteiger partial charge in [-0.1, -0.05) is 0 Å². The normalized spacial score (nSPS) is 13.9. The second-order valence-corrected chi connectivity index (χ2v) is 3.55. The zero-order valence-electron chi connectivity index (χ0n) is 8.02. The standard InChI is InChI=1S/C11H12N2/c1-7-9-5-4-6-10(9)11(12-3)8(2)13-7/h4-6H2,1-2H3. The number of hydrogen-bond donors (Lipinski definition) is 0. The van der Waals surface area contributed by atoms with Gasteiger partial charge in [-0.2, -0.15) is 0 Å². The van der Waals surface area contributed by atoms with E-state index in [0.29, 0.717) is 0 Å². The molecule has 0 spiro atoms. The third-order valence-electron chi connectivity index (χ3n) is 2.73. The Balaban J connectivity index is 2.74. The fraction of sp³-hybridized carbons (Fsp3) is 0.455. The molecule has 1 aliphatic carbocycles. The van der Waals surface area contributed by atoms with Gasteiger partial charge in [0.1, 0.15) is 0 Å². The summed E-state index contributed by atoms with van der Waals surface area (Å²) in [6.07, 6.45) is 3.36. The van der Waals surface area contributed by atoms with Crippen LogP contribution in [0.25, 0.3) is 4.85 Å². The first-order chi connectivity index (χ1) is 6.24. The Hall–Kier alpha value is -1.36. The summed E-state index contributed by atoms with van der Waals surface area (Å²) < 4.78 is 0. The minimum absolute atomic E-state index is 0.804. The molecule has 0 unspecified atom stereocenters. The van der Waals surface area contributed by atoms with Crippen LogP contribution < -0.4 is 0 Å².